The van der Waals surface area contributed by atoms with E-state index in [1.54, 1.807) is 29.1 Å². The molecule has 0 unspecified atom stereocenters. The summed E-state index contributed by atoms with van der Waals surface area (Å²) in [4.78, 5) is 26.4. The van der Waals surface area contributed by atoms with Crippen LogP contribution >= 0.6 is 11.3 Å². The summed E-state index contributed by atoms with van der Waals surface area (Å²) < 4.78 is 0. The Morgan fingerprint density at radius 2 is 2.11 bits per heavy atom. The standard InChI is InChI=1S/C13H12N2O3S/c16-12(17)6-5-9-3-1-2-4-10(9)15-13(18)11-7-19-8-14-11/h1-4,7-8H,5-6H2,(H,15,18)(H,16,17). The fraction of sp³-hybridized carbons (Fsp3) is 0.154. The molecule has 19 heavy (non-hydrogen) atoms. The Bertz CT molecular complexity index is 581. The van der Waals surface area contributed by atoms with Crippen LogP contribution in [0.25, 0.3) is 0 Å². The number of carbonyl (C=O) groups excluding carboxylic acids is 1. The number of rotatable bonds is 5. The number of carboxylic acid groups (broad SMARTS) is 1. The van der Waals surface area contributed by atoms with Gasteiger partial charge in [-0.25, -0.2) is 4.98 Å². The smallest absolute Gasteiger partial charge is 0.303 e. The van der Waals surface area contributed by atoms with Crippen LogP contribution in [0.5, 0.6) is 0 Å². The minimum Gasteiger partial charge on any atom is -0.481 e. The van der Waals surface area contributed by atoms with Gasteiger partial charge in [-0.15, -0.1) is 11.3 Å². The Hall–Kier alpha value is -2.21. The van der Waals surface area contributed by atoms with Crippen LogP contribution in [0.3, 0.4) is 0 Å². The Labute approximate surface area is 113 Å². The van der Waals surface area contributed by atoms with E-state index in [9.17, 15) is 9.59 Å². The van der Waals surface area contributed by atoms with Crippen molar-refractivity contribution in [3.05, 3.63) is 46.4 Å². The van der Waals surface area contributed by atoms with Crippen LogP contribution in [-0.4, -0.2) is 22.0 Å². The number of amides is 1. The number of aliphatic carboxylic acids is 1. The minimum atomic E-state index is -0.861. The maximum atomic E-state index is 11.9. The van der Waals surface area contributed by atoms with Gasteiger partial charge >= 0.3 is 5.97 Å². The molecule has 0 aliphatic heterocycles. The van der Waals surface area contributed by atoms with Crippen molar-refractivity contribution in [3.63, 3.8) is 0 Å². The van der Waals surface area contributed by atoms with Crippen LogP contribution in [0, 0.1) is 0 Å². The molecule has 0 saturated carbocycles. The highest BCUT2D eigenvalue weighted by atomic mass is 32.1. The molecule has 6 heteroatoms. The van der Waals surface area contributed by atoms with Crippen molar-refractivity contribution in [3.8, 4) is 0 Å². The number of benzene rings is 1. The van der Waals surface area contributed by atoms with Crippen LogP contribution in [0.15, 0.2) is 35.2 Å². The second-order valence-electron chi connectivity index (χ2n) is 3.88. The van der Waals surface area contributed by atoms with Gasteiger partial charge in [0.15, 0.2) is 0 Å². The number of carbonyl (C=O) groups is 2. The zero-order valence-electron chi connectivity index (χ0n) is 10.00. The average molecular weight is 276 g/mol. The molecule has 1 amide bonds. The largest absolute Gasteiger partial charge is 0.481 e. The zero-order chi connectivity index (χ0) is 13.7. The van der Waals surface area contributed by atoms with Crippen LogP contribution in [0.2, 0.25) is 0 Å². The van der Waals surface area contributed by atoms with Gasteiger partial charge in [-0.2, -0.15) is 0 Å². The van der Waals surface area contributed by atoms with E-state index in [0.29, 0.717) is 17.8 Å². The number of aromatic nitrogens is 1. The van der Waals surface area contributed by atoms with Gasteiger partial charge in [-0.05, 0) is 18.1 Å². The lowest BCUT2D eigenvalue weighted by Gasteiger charge is -2.09. The predicted molar refractivity (Wildman–Crippen MR) is 72.5 cm³/mol. The molecule has 2 rings (SSSR count). The fourth-order valence-corrected chi connectivity index (χ4v) is 2.14. The number of carboxylic acids is 1. The molecule has 1 aromatic carbocycles. The Morgan fingerprint density at radius 1 is 1.32 bits per heavy atom. The SMILES string of the molecule is O=C(O)CCc1ccccc1NC(=O)c1cscn1. The van der Waals surface area contributed by atoms with Crippen molar-refractivity contribution < 1.29 is 14.7 Å². The molecule has 2 N–H and O–H groups in total. The highest BCUT2D eigenvalue weighted by Crippen LogP contribution is 2.18. The maximum absolute atomic E-state index is 11.9. The minimum absolute atomic E-state index is 0.0313. The molecule has 98 valence electrons. The lowest BCUT2D eigenvalue weighted by Crippen LogP contribution is -2.13. The molecule has 0 spiro atoms. The maximum Gasteiger partial charge on any atom is 0.303 e. The Morgan fingerprint density at radius 3 is 2.79 bits per heavy atom. The van der Waals surface area contributed by atoms with E-state index in [1.807, 2.05) is 6.07 Å². The van der Waals surface area contributed by atoms with Crippen LogP contribution in [0.4, 0.5) is 5.69 Å². The molecular weight excluding hydrogens is 264 g/mol. The first-order chi connectivity index (χ1) is 9.16. The average Bonchev–Trinajstić information content (AvgIpc) is 2.91. The number of hydrogen-bond acceptors (Lipinski definition) is 4. The molecule has 0 atom stereocenters. The van der Waals surface area contributed by atoms with E-state index >= 15 is 0 Å². The van der Waals surface area contributed by atoms with E-state index in [2.05, 4.69) is 10.3 Å². The number of thiazole rings is 1. The summed E-state index contributed by atoms with van der Waals surface area (Å²) in [6.07, 6.45) is 0.409. The number of para-hydroxylation sites is 1. The van der Waals surface area contributed by atoms with Crippen molar-refractivity contribution in [2.45, 2.75) is 12.8 Å². The quantitative estimate of drug-likeness (QED) is 0.879. The molecule has 0 saturated heterocycles. The summed E-state index contributed by atoms with van der Waals surface area (Å²) in [7, 11) is 0. The molecule has 5 nitrogen and oxygen atoms in total. The van der Waals surface area contributed by atoms with Crippen LogP contribution in [0.1, 0.15) is 22.5 Å². The van der Waals surface area contributed by atoms with Crippen molar-refractivity contribution in [2.75, 3.05) is 5.32 Å². The zero-order valence-corrected chi connectivity index (χ0v) is 10.8. The normalized spacial score (nSPS) is 10.1. The lowest BCUT2D eigenvalue weighted by atomic mass is 10.1. The van der Waals surface area contributed by atoms with Gasteiger partial charge in [-0.1, -0.05) is 18.2 Å². The molecule has 0 bridgehead atoms. The highest BCUT2D eigenvalue weighted by molar-refractivity contribution is 7.07. The molecule has 1 aromatic heterocycles. The molecular formula is C13H12N2O3S. The summed E-state index contributed by atoms with van der Waals surface area (Å²) in [6, 6.07) is 7.16. The van der Waals surface area contributed by atoms with E-state index < -0.39 is 5.97 Å². The first-order valence-electron chi connectivity index (χ1n) is 5.66. The van der Waals surface area contributed by atoms with E-state index in [1.165, 1.54) is 11.3 Å². The molecule has 1 heterocycles. The summed E-state index contributed by atoms with van der Waals surface area (Å²) >= 11 is 1.35. The second-order valence-corrected chi connectivity index (χ2v) is 4.60. The predicted octanol–water partition coefficient (Wildman–Crippen LogP) is 2.41. The number of aryl methyl sites for hydroxylation is 1. The number of hydrogen-bond donors (Lipinski definition) is 2. The third kappa shape index (κ3) is 3.62. The third-order valence-electron chi connectivity index (χ3n) is 2.54. The van der Waals surface area contributed by atoms with Gasteiger partial charge in [0.25, 0.3) is 5.91 Å². The topological polar surface area (TPSA) is 79.3 Å². The molecule has 0 aliphatic carbocycles. The van der Waals surface area contributed by atoms with Gasteiger partial charge in [-0.3, -0.25) is 9.59 Å². The number of nitrogens with one attached hydrogen (secondary N) is 1. The van der Waals surface area contributed by atoms with Crippen molar-refractivity contribution >= 4 is 28.9 Å². The molecule has 0 aliphatic rings. The number of anilines is 1. The van der Waals surface area contributed by atoms with E-state index in [4.69, 9.17) is 5.11 Å². The summed E-state index contributed by atoms with van der Waals surface area (Å²) in [5.74, 6) is -1.15. The Balaban J connectivity index is 2.11. The van der Waals surface area contributed by atoms with E-state index in [-0.39, 0.29) is 12.3 Å². The Kier molecular flexibility index (Phi) is 4.25. The highest BCUT2D eigenvalue weighted by Gasteiger charge is 2.11. The molecule has 0 fully saturated rings. The second kappa shape index (κ2) is 6.10. The van der Waals surface area contributed by atoms with Crippen molar-refractivity contribution in [1.82, 2.24) is 4.98 Å². The summed E-state index contributed by atoms with van der Waals surface area (Å²) in [5, 5.41) is 13.1. The summed E-state index contributed by atoms with van der Waals surface area (Å²) in [5.41, 5.74) is 3.37. The van der Waals surface area contributed by atoms with Gasteiger partial charge in [0.1, 0.15) is 5.69 Å². The third-order valence-corrected chi connectivity index (χ3v) is 3.13. The fourth-order valence-electron chi connectivity index (χ4n) is 1.61. The van der Waals surface area contributed by atoms with Crippen LogP contribution in [-0.2, 0) is 11.2 Å². The van der Waals surface area contributed by atoms with Gasteiger partial charge < -0.3 is 10.4 Å². The van der Waals surface area contributed by atoms with Gasteiger partial charge in [0.2, 0.25) is 0 Å². The van der Waals surface area contributed by atoms with E-state index in [0.717, 1.165) is 5.56 Å². The van der Waals surface area contributed by atoms with Crippen molar-refractivity contribution in [2.24, 2.45) is 0 Å². The van der Waals surface area contributed by atoms with Crippen LogP contribution < -0.4 is 5.32 Å². The monoisotopic (exact) mass is 276 g/mol. The first kappa shape index (κ1) is 13.2. The number of nitrogens with zero attached hydrogens (tertiary/aromatic N) is 1. The first-order valence-corrected chi connectivity index (χ1v) is 6.60. The van der Waals surface area contributed by atoms with Crippen molar-refractivity contribution in [1.29, 1.82) is 0 Å². The molecule has 0 radical (unpaired) electrons. The molecule has 2 aromatic rings. The van der Waals surface area contributed by atoms with Gasteiger partial charge in [0.05, 0.1) is 5.51 Å². The van der Waals surface area contributed by atoms with Gasteiger partial charge in [0, 0.05) is 17.5 Å². The lowest BCUT2D eigenvalue weighted by molar-refractivity contribution is -0.136. The summed E-state index contributed by atoms with van der Waals surface area (Å²) in [6.45, 7) is 0.